The molecule has 0 rings (SSSR count). The van der Waals surface area contributed by atoms with Gasteiger partial charge in [0.1, 0.15) is 13.2 Å². The first-order valence-electron chi connectivity index (χ1n) is 27.2. The number of unbranched alkanes of at least 4 members (excludes halogenated alkanes) is 13. The van der Waals surface area contributed by atoms with Crippen LogP contribution in [-0.4, -0.2) is 82.3 Å². The molecular formula is C61H99NO8. The van der Waals surface area contributed by atoms with Gasteiger partial charge >= 0.3 is 11.9 Å². The zero-order valence-electron chi connectivity index (χ0n) is 44.8. The van der Waals surface area contributed by atoms with Gasteiger partial charge in [-0.3, -0.25) is 9.59 Å². The van der Waals surface area contributed by atoms with Crippen LogP contribution in [0.5, 0.6) is 0 Å². The van der Waals surface area contributed by atoms with Crippen LogP contribution in [0.2, 0.25) is 0 Å². The lowest BCUT2D eigenvalue weighted by Crippen LogP contribution is -2.44. The van der Waals surface area contributed by atoms with Crippen LogP contribution in [0, 0.1) is 0 Å². The van der Waals surface area contributed by atoms with Gasteiger partial charge in [-0.1, -0.05) is 206 Å². The molecular weight excluding hydrogens is 875 g/mol. The fourth-order valence-electron chi connectivity index (χ4n) is 6.80. The molecule has 0 N–H and O–H groups in total. The van der Waals surface area contributed by atoms with Crippen LogP contribution in [0.3, 0.4) is 0 Å². The Kier molecular flexibility index (Phi) is 47.9. The Morgan fingerprint density at radius 2 is 0.814 bits per heavy atom. The molecule has 396 valence electrons. The van der Waals surface area contributed by atoms with Crippen molar-refractivity contribution in [1.82, 2.24) is 0 Å². The van der Waals surface area contributed by atoms with Crippen molar-refractivity contribution in [2.24, 2.45) is 0 Å². The predicted octanol–water partition coefficient (Wildman–Crippen LogP) is 14.4. The smallest absolute Gasteiger partial charge is 0.306 e. The molecule has 2 unspecified atom stereocenters. The van der Waals surface area contributed by atoms with Gasteiger partial charge in [0, 0.05) is 12.8 Å². The molecule has 0 aliphatic rings. The van der Waals surface area contributed by atoms with Crippen molar-refractivity contribution in [3.8, 4) is 0 Å². The van der Waals surface area contributed by atoms with Crippen LogP contribution in [-0.2, 0) is 33.3 Å². The van der Waals surface area contributed by atoms with Gasteiger partial charge in [0.2, 0.25) is 0 Å². The highest BCUT2D eigenvalue weighted by molar-refractivity contribution is 5.70. The molecule has 0 fully saturated rings. The second-order valence-electron chi connectivity index (χ2n) is 18.8. The van der Waals surface area contributed by atoms with Crippen molar-refractivity contribution in [1.29, 1.82) is 0 Å². The number of carboxylic acid groups (broad SMARTS) is 1. The number of ether oxygens (including phenoxy) is 4. The van der Waals surface area contributed by atoms with Crippen molar-refractivity contribution in [3.05, 3.63) is 122 Å². The van der Waals surface area contributed by atoms with Crippen molar-refractivity contribution in [2.45, 2.75) is 200 Å². The minimum atomic E-state index is -1.63. The number of carbonyl (C=O) groups is 3. The number of quaternary nitrogens is 1. The van der Waals surface area contributed by atoms with E-state index < -0.39 is 24.3 Å². The summed E-state index contributed by atoms with van der Waals surface area (Å²) in [4.78, 5) is 36.9. The Morgan fingerprint density at radius 1 is 0.443 bits per heavy atom. The summed E-state index contributed by atoms with van der Waals surface area (Å²) in [5, 5.41) is 11.7. The quantitative estimate of drug-likeness (QED) is 0.0195. The fourth-order valence-corrected chi connectivity index (χ4v) is 6.80. The van der Waals surface area contributed by atoms with Gasteiger partial charge in [-0.2, -0.15) is 0 Å². The van der Waals surface area contributed by atoms with E-state index >= 15 is 0 Å². The maximum absolute atomic E-state index is 12.8. The minimum absolute atomic E-state index is 0.139. The summed E-state index contributed by atoms with van der Waals surface area (Å²) < 4.78 is 22.5. The third-order valence-corrected chi connectivity index (χ3v) is 11.0. The molecule has 70 heavy (non-hydrogen) atoms. The molecule has 0 aromatic rings. The zero-order valence-corrected chi connectivity index (χ0v) is 44.8. The molecule has 0 saturated heterocycles. The van der Waals surface area contributed by atoms with Crippen molar-refractivity contribution in [2.75, 3.05) is 47.5 Å². The molecule has 2 atom stereocenters. The Bertz CT molecular complexity index is 1560. The van der Waals surface area contributed by atoms with Crippen molar-refractivity contribution in [3.63, 3.8) is 0 Å². The number of carboxylic acids is 1. The summed E-state index contributed by atoms with van der Waals surface area (Å²) >= 11 is 0. The van der Waals surface area contributed by atoms with E-state index in [-0.39, 0.29) is 38.6 Å². The third-order valence-electron chi connectivity index (χ3n) is 11.0. The van der Waals surface area contributed by atoms with E-state index in [0.717, 1.165) is 122 Å². The van der Waals surface area contributed by atoms with E-state index in [1.165, 1.54) is 32.1 Å². The fraction of sp³-hybridized carbons (Fsp3) is 0.623. The molecule has 0 aromatic heterocycles. The topological polar surface area (TPSA) is 111 Å². The first-order chi connectivity index (χ1) is 34.1. The minimum Gasteiger partial charge on any atom is -0.545 e. The second kappa shape index (κ2) is 51.1. The van der Waals surface area contributed by atoms with Crippen molar-refractivity contribution >= 4 is 17.9 Å². The lowest BCUT2D eigenvalue weighted by atomic mass is 10.1. The summed E-state index contributed by atoms with van der Waals surface area (Å²) in [6.07, 6.45) is 68.4. The number of likely N-dealkylation sites (N-methyl/N-ethyl adjacent to an activating group) is 1. The highest BCUT2D eigenvalue weighted by Gasteiger charge is 2.22. The van der Waals surface area contributed by atoms with Crippen LogP contribution < -0.4 is 5.11 Å². The Hall–Kier alpha value is -4.31. The summed E-state index contributed by atoms with van der Waals surface area (Å²) in [5.41, 5.74) is 0. The van der Waals surface area contributed by atoms with Gasteiger partial charge in [0.15, 0.2) is 12.4 Å². The molecule has 0 amide bonds. The van der Waals surface area contributed by atoms with Gasteiger partial charge in [-0.25, -0.2) is 0 Å². The second-order valence-corrected chi connectivity index (χ2v) is 18.8. The van der Waals surface area contributed by atoms with Crippen LogP contribution >= 0.6 is 0 Å². The number of hydrogen-bond donors (Lipinski definition) is 0. The molecule has 0 spiro atoms. The zero-order chi connectivity index (χ0) is 51.3. The van der Waals surface area contributed by atoms with E-state index in [4.69, 9.17) is 18.9 Å². The van der Waals surface area contributed by atoms with Crippen LogP contribution in [0.4, 0.5) is 0 Å². The van der Waals surface area contributed by atoms with Crippen LogP contribution in [0.1, 0.15) is 187 Å². The first-order valence-corrected chi connectivity index (χ1v) is 27.2. The van der Waals surface area contributed by atoms with E-state index in [9.17, 15) is 19.5 Å². The van der Waals surface area contributed by atoms with Crippen LogP contribution in [0.25, 0.3) is 0 Å². The average molecular weight is 974 g/mol. The molecule has 9 heteroatoms. The van der Waals surface area contributed by atoms with Gasteiger partial charge < -0.3 is 33.3 Å². The molecule has 0 aliphatic heterocycles. The molecule has 0 bridgehead atoms. The molecule has 0 radical (unpaired) electrons. The molecule has 0 heterocycles. The monoisotopic (exact) mass is 974 g/mol. The van der Waals surface area contributed by atoms with E-state index in [0.29, 0.717) is 17.4 Å². The summed E-state index contributed by atoms with van der Waals surface area (Å²) in [7, 11) is 5.89. The number of nitrogens with zero attached hydrogens (tertiary/aromatic N) is 1. The summed E-state index contributed by atoms with van der Waals surface area (Å²) in [6, 6.07) is 0. The van der Waals surface area contributed by atoms with Gasteiger partial charge in [-0.05, 0) is 89.9 Å². The lowest BCUT2D eigenvalue weighted by molar-refractivity contribution is -0.870. The number of esters is 2. The summed E-state index contributed by atoms with van der Waals surface area (Å²) in [6.45, 7) is 4.55. The molecule has 0 saturated carbocycles. The number of aliphatic carboxylic acids is 1. The highest BCUT2D eigenvalue weighted by atomic mass is 16.7. The molecule has 0 aromatic carbocycles. The number of hydrogen-bond acceptors (Lipinski definition) is 8. The number of allylic oxidation sites excluding steroid dienone is 20. The molecule has 0 aliphatic carbocycles. The average Bonchev–Trinajstić information content (AvgIpc) is 3.33. The largest absolute Gasteiger partial charge is 0.545 e. The van der Waals surface area contributed by atoms with E-state index in [1.54, 1.807) is 0 Å². The first kappa shape index (κ1) is 65.7. The van der Waals surface area contributed by atoms with Gasteiger partial charge in [0.25, 0.3) is 0 Å². The molecule has 9 nitrogen and oxygen atoms in total. The summed E-state index contributed by atoms with van der Waals surface area (Å²) in [5.74, 6) is -2.32. The van der Waals surface area contributed by atoms with Gasteiger partial charge in [0.05, 0.1) is 40.3 Å². The van der Waals surface area contributed by atoms with E-state index in [2.05, 4.69) is 135 Å². The number of rotatable bonds is 48. The third kappa shape index (κ3) is 51.5. The van der Waals surface area contributed by atoms with E-state index in [1.807, 2.05) is 21.1 Å². The highest BCUT2D eigenvalue weighted by Crippen LogP contribution is 2.13. The van der Waals surface area contributed by atoms with Crippen LogP contribution in [0.15, 0.2) is 122 Å². The van der Waals surface area contributed by atoms with Crippen molar-refractivity contribution < 1.29 is 42.9 Å². The number of carbonyl (C=O) groups excluding carboxylic acids is 3. The Morgan fingerprint density at radius 3 is 1.21 bits per heavy atom. The maximum atomic E-state index is 12.8. The predicted molar refractivity (Wildman–Crippen MR) is 292 cm³/mol. The SMILES string of the molecule is CC/C=C\C/C=C\C/C=C\C/C=C\C/C=C\C/C=C\C/C=C\C/C=C\C/C=C\C/C=C\CCCCCCCCC(=O)OC(COC(=O)CCCCCCCCCC)COC(OCC[N+](C)(C)C)C(=O)[O-]. The standard InChI is InChI=1S/C61H99NO8/c1-6-8-10-12-14-16-17-18-19-20-21-22-23-24-25-26-27-28-29-30-31-32-33-34-35-36-37-38-39-40-41-42-43-44-46-48-50-52-59(64)70-57(56-69-61(60(65)66)67-54-53-62(3,4)5)55-68-58(63)51-49-47-45-15-13-11-9-7-2/h8,10,14,16,18-19,21-22,24-25,27-28,30-31,33-34,36-37,39-40,57,61H,6-7,9,11-13,15,17,20,23,26,29,32,35,38,41-56H2,1-5H3/b10-8-,16-14-,19-18-,22-21-,25-24-,28-27-,31-30-,34-33-,37-36-,40-39-. The Balaban J connectivity index is 4.17. The lowest BCUT2D eigenvalue weighted by Gasteiger charge is -2.26. The van der Waals surface area contributed by atoms with Gasteiger partial charge in [-0.15, -0.1) is 0 Å². The Labute approximate surface area is 427 Å². The maximum Gasteiger partial charge on any atom is 0.306 e. The normalized spacial score (nSPS) is 13.8.